The van der Waals surface area contributed by atoms with E-state index in [9.17, 15) is 4.79 Å². The molecule has 2 aliphatic rings. The molecule has 1 fully saturated rings. The van der Waals surface area contributed by atoms with Crippen LogP contribution in [0.5, 0.6) is 0 Å². The molecule has 0 radical (unpaired) electrons. The molecular weight excluding hydrogens is 286 g/mol. The zero-order valence-corrected chi connectivity index (χ0v) is 13.4. The van der Waals surface area contributed by atoms with Crippen molar-refractivity contribution in [3.05, 3.63) is 16.0 Å². The van der Waals surface area contributed by atoms with Crippen molar-refractivity contribution in [2.75, 3.05) is 45.1 Å². The van der Waals surface area contributed by atoms with Gasteiger partial charge in [0.05, 0.1) is 23.8 Å². The highest BCUT2D eigenvalue weighted by Crippen LogP contribution is 2.36. The second-order valence-electron chi connectivity index (χ2n) is 5.67. The minimum absolute atomic E-state index is 0.0947. The Morgan fingerprint density at radius 3 is 2.81 bits per heavy atom. The van der Waals surface area contributed by atoms with Crippen molar-refractivity contribution in [3.63, 3.8) is 0 Å². The predicted octanol–water partition coefficient (Wildman–Crippen LogP) is 1.57. The number of fused-ring (bicyclic) bond motifs is 1. The molecule has 6 heteroatoms. The molecule has 1 amide bonds. The van der Waals surface area contributed by atoms with Crippen LogP contribution in [0.25, 0.3) is 0 Å². The third kappa shape index (κ3) is 2.93. The average Bonchev–Trinajstić information content (AvgIpc) is 2.83. The molecule has 1 aromatic rings. The van der Waals surface area contributed by atoms with Crippen LogP contribution in [0.4, 0.5) is 5.00 Å². The summed E-state index contributed by atoms with van der Waals surface area (Å²) in [6.45, 7) is 7.88. The van der Waals surface area contributed by atoms with E-state index < -0.39 is 0 Å². The number of rotatable bonds is 3. The van der Waals surface area contributed by atoms with Crippen LogP contribution >= 0.6 is 11.3 Å². The Balaban J connectivity index is 1.82. The van der Waals surface area contributed by atoms with Crippen LogP contribution in [0, 0.1) is 0 Å². The number of nitrogens with two attached hydrogens (primary N) is 1. The Morgan fingerprint density at radius 2 is 2.10 bits per heavy atom. The molecule has 21 heavy (non-hydrogen) atoms. The van der Waals surface area contributed by atoms with Crippen molar-refractivity contribution in [2.24, 2.45) is 0 Å². The average molecular weight is 309 g/mol. The molecule has 2 N–H and O–H groups in total. The maximum atomic E-state index is 12.7. The molecule has 0 atom stereocenters. The largest absolute Gasteiger partial charge is 0.390 e. The highest BCUT2D eigenvalue weighted by molar-refractivity contribution is 7.16. The zero-order chi connectivity index (χ0) is 14.8. The topological polar surface area (TPSA) is 58.8 Å². The van der Waals surface area contributed by atoms with Gasteiger partial charge in [0.25, 0.3) is 5.91 Å². The van der Waals surface area contributed by atoms with Crippen molar-refractivity contribution in [3.8, 4) is 0 Å². The van der Waals surface area contributed by atoms with E-state index in [2.05, 4.69) is 11.8 Å². The van der Waals surface area contributed by atoms with Crippen LogP contribution in [0.1, 0.15) is 34.1 Å². The lowest BCUT2D eigenvalue weighted by atomic mass is 10.0. The Labute approximate surface area is 129 Å². The molecule has 5 nitrogen and oxygen atoms in total. The van der Waals surface area contributed by atoms with Crippen LogP contribution in [-0.4, -0.2) is 55.1 Å². The highest BCUT2D eigenvalue weighted by atomic mass is 32.1. The number of nitrogen functional groups attached to an aromatic ring is 1. The lowest BCUT2D eigenvalue weighted by Crippen LogP contribution is -2.41. The molecule has 2 aliphatic heterocycles. The molecule has 3 rings (SSSR count). The van der Waals surface area contributed by atoms with Crippen LogP contribution in [0.3, 0.4) is 0 Å². The number of hydrogen-bond donors (Lipinski definition) is 1. The van der Waals surface area contributed by atoms with Crippen molar-refractivity contribution in [2.45, 2.75) is 26.3 Å². The summed E-state index contributed by atoms with van der Waals surface area (Å²) in [6, 6.07) is 0. The van der Waals surface area contributed by atoms with E-state index in [1.165, 1.54) is 10.4 Å². The Hall–Kier alpha value is -1.11. The number of carbonyl (C=O) groups excluding carboxylic acids is 1. The molecule has 3 heterocycles. The number of morpholine rings is 1. The van der Waals surface area contributed by atoms with Gasteiger partial charge in [0.2, 0.25) is 0 Å². The fourth-order valence-corrected chi connectivity index (χ4v) is 4.30. The molecule has 1 saturated heterocycles. The van der Waals surface area contributed by atoms with Gasteiger partial charge in [-0.3, -0.25) is 9.69 Å². The predicted molar refractivity (Wildman–Crippen MR) is 84.7 cm³/mol. The SMILES string of the molecule is CCCN1CCc2c(sc(N)c2C(=O)N2CCOCC2)C1. The Kier molecular flexibility index (Phi) is 4.47. The maximum Gasteiger partial charge on any atom is 0.257 e. The summed E-state index contributed by atoms with van der Waals surface area (Å²) in [5.74, 6) is 0.0947. The molecule has 116 valence electrons. The summed E-state index contributed by atoms with van der Waals surface area (Å²) in [5, 5.41) is 0.690. The van der Waals surface area contributed by atoms with Gasteiger partial charge in [-0.15, -0.1) is 11.3 Å². The lowest BCUT2D eigenvalue weighted by molar-refractivity contribution is 0.0303. The van der Waals surface area contributed by atoms with E-state index in [1.54, 1.807) is 11.3 Å². The highest BCUT2D eigenvalue weighted by Gasteiger charge is 2.29. The number of hydrogen-bond acceptors (Lipinski definition) is 5. The van der Waals surface area contributed by atoms with Crippen molar-refractivity contribution < 1.29 is 9.53 Å². The van der Waals surface area contributed by atoms with Gasteiger partial charge in [0.15, 0.2) is 0 Å². The molecule has 1 aromatic heterocycles. The third-order valence-corrected chi connectivity index (χ3v) is 5.26. The minimum Gasteiger partial charge on any atom is -0.390 e. The molecule has 0 saturated carbocycles. The summed E-state index contributed by atoms with van der Waals surface area (Å²) >= 11 is 1.60. The van der Waals surface area contributed by atoms with Crippen molar-refractivity contribution >= 4 is 22.2 Å². The van der Waals surface area contributed by atoms with E-state index in [-0.39, 0.29) is 5.91 Å². The quantitative estimate of drug-likeness (QED) is 0.921. The number of carbonyl (C=O) groups is 1. The zero-order valence-electron chi connectivity index (χ0n) is 12.6. The first kappa shape index (κ1) is 14.8. The van der Waals surface area contributed by atoms with E-state index in [0.717, 1.165) is 38.0 Å². The van der Waals surface area contributed by atoms with E-state index >= 15 is 0 Å². The molecule has 0 bridgehead atoms. The summed E-state index contributed by atoms with van der Waals surface area (Å²) in [5.41, 5.74) is 8.14. The van der Waals surface area contributed by atoms with Crippen LogP contribution in [0.2, 0.25) is 0 Å². The standard InChI is InChI=1S/C15H23N3O2S/c1-2-4-17-5-3-11-12(10-17)21-14(16)13(11)15(19)18-6-8-20-9-7-18/h2-10,16H2,1H3. The summed E-state index contributed by atoms with van der Waals surface area (Å²) in [4.78, 5) is 18.3. The van der Waals surface area contributed by atoms with Crippen LogP contribution in [-0.2, 0) is 17.7 Å². The van der Waals surface area contributed by atoms with E-state index in [1.807, 2.05) is 4.90 Å². The third-order valence-electron chi connectivity index (χ3n) is 4.22. The van der Waals surface area contributed by atoms with Crippen molar-refractivity contribution in [1.29, 1.82) is 0 Å². The number of nitrogens with zero attached hydrogens (tertiary/aromatic N) is 2. The smallest absolute Gasteiger partial charge is 0.257 e. The fraction of sp³-hybridized carbons (Fsp3) is 0.667. The molecule has 0 unspecified atom stereocenters. The first-order valence-electron chi connectivity index (χ1n) is 7.70. The van der Waals surface area contributed by atoms with Gasteiger partial charge >= 0.3 is 0 Å². The summed E-state index contributed by atoms with van der Waals surface area (Å²) in [6.07, 6.45) is 2.10. The van der Waals surface area contributed by atoms with Gasteiger partial charge in [0, 0.05) is 31.1 Å². The van der Waals surface area contributed by atoms with Crippen molar-refractivity contribution in [1.82, 2.24) is 9.80 Å². The number of amides is 1. The normalized spacial score (nSPS) is 19.6. The first-order chi connectivity index (χ1) is 10.2. The number of ether oxygens (including phenoxy) is 1. The van der Waals surface area contributed by atoms with Crippen LogP contribution in [0.15, 0.2) is 0 Å². The second-order valence-corrected chi connectivity index (χ2v) is 6.81. The van der Waals surface area contributed by atoms with E-state index in [0.29, 0.717) is 31.3 Å². The minimum atomic E-state index is 0.0947. The molecule has 0 aromatic carbocycles. The summed E-state index contributed by atoms with van der Waals surface area (Å²) < 4.78 is 5.32. The number of anilines is 1. The number of thiophene rings is 1. The molecule has 0 aliphatic carbocycles. The lowest BCUT2D eigenvalue weighted by Gasteiger charge is -2.29. The molecular formula is C15H23N3O2S. The van der Waals surface area contributed by atoms with Crippen LogP contribution < -0.4 is 5.73 Å². The maximum absolute atomic E-state index is 12.7. The van der Waals surface area contributed by atoms with Gasteiger partial charge in [-0.1, -0.05) is 6.92 Å². The van der Waals surface area contributed by atoms with Gasteiger partial charge < -0.3 is 15.4 Å². The van der Waals surface area contributed by atoms with Gasteiger partial charge in [-0.2, -0.15) is 0 Å². The second kappa shape index (κ2) is 6.34. The van der Waals surface area contributed by atoms with Gasteiger partial charge in [-0.25, -0.2) is 0 Å². The first-order valence-corrected chi connectivity index (χ1v) is 8.51. The van der Waals surface area contributed by atoms with Gasteiger partial charge in [-0.05, 0) is 24.9 Å². The fourth-order valence-electron chi connectivity index (χ4n) is 3.14. The Bertz CT molecular complexity index is 523. The molecule has 0 spiro atoms. The Morgan fingerprint density at radius 1 is 1.33 bits per heavy atom. The van der Waals surface area contributed by atoms with Gasteiger partial charge in [0.1, 0.15) is 0 Å². The summed E-state index contributed by atoms with van der Waals surface area (Å²) in [7, 11) is 0. The van der Waals surface area contributed by atoms with E-state index in [4.69, 9.17) is 10.5 Å². The monoisotopic (exact) mass is 309 g/mol.